The summed E-state index contributed by atoms with van der Waals surface area (Å²) in [6, 6.07) is 24.6. The van der Waals surface area contributed by atoms with Crippen molar-refractivity contribution < 1.29 is 19.4 Å². The Morgan fingerprint density at radius 1 is 0.974 bits per heavy atom. The van der Waals surface area contributed by atoms with Gasteiger partial charge in [0.2, 0.25) is 0 Å². The fourth-order valence-corrected chi connectivity index (χ4v) is 4.79. The second-order valence-electron chi connectivity index (χ2n) is 9.15. The van der Waals surface area contributed by atoms with Crippen LogP contribution in [0.25, 0.3) is 5.76 Å². The van der Waals surface area contributed by atoms with Gasteiger partial charge in [0, 0.05) is 29.5 Å². The second-order valence-corrected chi connectivity index (χ2v) is 9.58. The highest BCUT2D eigenvalue weighted by Gasteiger charge is 2.46. The van der Waals surface area contributed by atoms with Gasteiger partial charge in [-0.05, 0) is 66.1 Å². The van der Waals surface area contributed by atoms with E-state index in [1.54, 1.807) is 67.0 Å². The van der Waals surface area contributed by atoms with Crippen LogP contribution in [0, 0.1) is 6.92 Å². The van der Waals surface area contributed by atoms with Gasteiger partial charge in [-0.3, -0.25) is 14.6 Å². The molecule has 0 saturated carbocycles. The fraction of sp³-hybridized carbons (Fsp3) is 0.129. The highest BCUT2D eigenvalue weighted by molar-refractivity contribution is 6.46. The number of halogens is 1. The monoisotopic (exact) mass is 524 g/mol. The van der Waals surface area contributed by atoms with Crippen LogP contribution in [0.2, 0.25) is 5.02 Å². The number of carbonyl (C=O) groups excluding carboxylic acids is 2. The molecule has 0 aliphatic carbocycles. The first-order valence-corrected chi connectivity index (χ1v) is 12.5. The molecule has 1 saturated heterocycles. The Bertz CT molecular complexity index is 1520. The molecule has 6 nitrogen and oxygen atoms in total. The Morgan fingerprint density at radius 2 is 1.74 bits per heavy atom. The van der Waals surface area contributed by atoms with Crippen molar-refractivity contribution in [2.45, 2.75) is 26.1 Å². The number of likely N-dealkylation sites (tertiary alicyclic amines) is 1. The van der Waals surface area contributed by atoms with Crippen LogP contribution in [0.1, 0.15) is 33.9 Å². The lowest BCUT2D eigenvalue weighted by Crippen LogP contribution is -2.29. The number of amides is 1. The Morgan fingerprint density at radius 3 is 2.45 bits per heavy atom. The topological polar surface area (TPSA) is 79.7 Å². The van der Waals surface area contributed by atoms with Crippen LogP contribution < -0.4 is 4.74 Å². The molecule has 4 aromatic rings. The van der Waals surface area contributed by atoms with Crippen molar-refractivity contribution >= 4 is 29.1 Å². The maximum atomic E-state index is 13.3. The summed E-state index contributed by atoms with van der Waals surface area (Å²) < 4.78 is 5.88. The molecule has 38 heavy (non-hydrogen) atoms. The number of aliphatic hydroxyl groups excluding tert-OH is 1. The SMILES string of the molecule is Cc1cccc(COc2ccc(C(O)=C3C(=O)C(=O)N(Cc4cccnc4)[C@H]3c3cccc(Cl)c3)cc2)c1. The zero-order valence-corrected chi connectivity index (χ0v) is 21.4. The lowest BCUT2D eigenvalue weighted by molar-refractivity contribution is -0.140. The molecule has 1 fully saturated rings. The number of nitrogens with zero attached hydrogens (tertiary/aromatic N) is 2. The van der Waals surface area contributed by atoms with E-state index in [2.05, 4.69) is 11.1 Å². The summed E-state index contributed by atoms with van der Waals surface area (Å²) in [5.74, 6) is -1.09. The van der Waals surface area contributed by atoms with Crippen LogP contribution in [0.5, 0.6) is 5.75 Å². The quantitative estimate of drug-likeness (QED) is 0.176. The smallest absolute Gasteiger partial charge is 0.295 e. The molecular formula is C31H25ClN2O4. The number of aryl methyl sites for hydroxylation is 1. The lowest BCUT2D eigenvalue weighted by atomic mass is 9.95. The van der Waals surface area contributed by atoms with E-state index in [9.17, 15) is 14.7 Å². The van der Waals surface area contributed by atoms with E-state index in [1.807, 2.05) is 31.2 Å². The number of rotatable bonds is 7. The second kappa shape index (κ2) is 10.9. The van der Waals surface area contributed by atoms with Crippen molar-refractivity contribution in [1.29, 1.82) is 0 Å². The molecule has 190 valence electrons. The van der Waals surface area contributed by atoms with E-state index in [0.717, 1.165) is 16.7 Å². The Balaban J connectivity index is 1.47. The number of aliphatic hydroxyl groups is 1. The van der Waals surface area contributed by atoms with Crippen molar-refractivity contribution in [1.82, 2.24) is 9.88 Å². The molecular weight excluding hydrogens is 500 g/mol. The number of pyridine rings is 1. The van der Waals surface area contributed by atoms with Crippen LogP contribution >= 0.6 is 11.6 Å². The minimum atomic E-state index is -0.814. The number of ether oxygens (including phenoxy) is 1. The number of carbonyl (C=O) groups is 2. The molecule has 1 aliphatic rings. The third kappa shape index (κ3) is 5.31. The average molecular weight is 525 g/mol. The van der Waals surface area contributed by atoms with Gasteiger partial charge in [0.1, 0.15) is 18.1 Å². The van der Waals surface area contributed by atoms with Gasteiger partial charge < -0.3 is 14.7 Å². The molecule has 1 amide bonds. The predicted octanol–water partition coefficient (Wildman–Crippen LogP) is 6.24. The first kappa shape index (κ1) is 25.2. The predicted molar refractivity (Wildman–Crippen MR) is 145 cm³/mol. The van der Waals surface area contributed by atoms with E-state index in [0.29, 0.717) is 28.5 Å². The number of benzene rings is 3. The summed E-state index contributed by atoms with van der Waals surface area (Å²) in [6.07, 6.45) is 3.28. The van der Waals surface area contributed by atoms with Gasteiger partial charge in [0.25, 0.3) is 11.7 Å². The maximum Gasteiger partial charge on any atom is 0.295 e. The van der Waals surface area contributed by atoms with Gasteiger partial charge in [0.05, 0.1) is 11.6 Å². The molecule has 0 spiro atoms. The van der Waals surface area contributed by atoms with Crippen LogP contribution in [0.3, 0.4) is 0 Å². The molecule has 7 heteroatoms. The molecule has 0 bridgehead atoms. The number of aromatic nitrogens is 1. The number of Topliss-reactive ketones (excluding diaryl/α,β-unsaturated/α-hetero) is 1. The number of hydrogen-bond donors (Lipinski definition) is 1. The van der Waals surface area contributed by atoms with Gasteiger partial charge in [-0.2, -0.15) is 0 Å². The van der Waals surface area contributed by atoms with Gasteiger partial charge in [-0.25, -0.2) is 0 Å². The minimum Gasteiger partial charge on any atom is -0.507 e. The molecule has 1 N–H and O–H groups in total. The summed E-state index contributed by atoms with van der Waals surface area (Å²) >= 11 is 6.26. The molecule has 1 aromatic heterocycles. The van der Waals surface area contributed by atoms with Crippen molar-refractivity contribution in [2.75, 3.05) is 0 Å². The fourth-order valence-electron chi connectivity index (χ4n) is 4.59. The molecule has 0 unspecified atom stereocenters. The van der Waals surface area contributed by atoms with Crippen LogP contribution in [0.15, 0.2) is 103 Å². The number of ketones is 1. The molecule has 1 atom stereocenters. The van der Waals surface area contributed by atoms with Crippen molar-refractivity contribution in [2.24, 2.45) is 0 Å². The van der Waals surface area contributed by atoms with Crippen LogP contribution in [-0.4, -0.2) is 26.7 Å². The molecule has 2 heterocycles. The summed E-state index contributed by atoms with van der Waals surface area (Å²) in [5, 5.41) is 11.8. The zero-order valence-electron chi connectivity index (χ0n) is 20.7. The van der Waals surface area contributed by atoms with Gasteiger partial charge in [-0.15, -0.1) is 0 Å². The van der Waals surface area contributed by atoms with Crippen molar-refractivity contribution in [3.05, 3.63) is 136 Å². The largest absolute Gasteiger partial charge is 0.507 e. The summed E-state index contributed by atoms with van der Waals surface area (Å²) in [6.45, 7) is 2.58. The van der Waals surface area contributed by atoms with E-state index in [4.69, 9.17) is 16.3 Å². The molecule has 5 rings (SSSR count). The standard InChI is InChI=1S/C31H25ClN2O4/c1-20-5-2-6-21(15-20)19-38-26-12-10-23(11-13-26)29(35)27-28(24-8-3-9-25(32)16-24)34(31(37)30(27)36)18-22-7-4-14-33-17-22/h2-17,28,35H,18-19H2,1H3/t28-/m0/s1. The molecule has 0 radical (unpaired) electrons. The van der Waals surface area contributed by atoms with E-state index in [-0.39, 0.29) is 17.9 Å². The first-order valence-electron chi connectivity index (χ1n) is 12.1. The molecule has 3 aromatic carbocycles. The highest BCUT2D eigenvalue weighted by atomic mass is 35.5. The average Bonchev–Trinajstić information content (AvgIpc) is 3.17. The van der Waals surface area contributed by atoms with Crippen LogP contribution in [0.4, 0.5) is 0 Å². The Hall–Kier alpha value is -4.42. The highest BCUT2D eigenvalue weighted by Crippen LogP contribution is 2.41. The van der Waals surface area contributed by atoms with Gasteiger partial charge in [-0.1, -0.05) is 59.6 Å². The van der Waals surface area contributed by atoms with E-state index < -0.39 is 17.7 Å². The Kier molecular flexibility index (Phi) is 7.24. The van der Waals surface area contributed by atoms with Crippen molar-refractivity contribution in [3.63, 3.8) is 0 Å². The van der Waals surface area contributed by atoms with E-state index in [1.165, 1.54) is 4.90 Å². The van der Waals surface area contributed by atoms with Crippen molar-refractivity contribution in [3.8, 4) is 5.75 Å². The van der Waals surface area contributed by atoms with Gasteiger partial charge >= 0.3 is 0 Å². The summed E-state index contributed by atoms with van der Waals surface area (Å²) in [5.41, 5.74) is 4.00. The first-order chi connectivity index (χ1) is 18.4. The normalized spacial score (nSPS) is 16.6. The number of hydrogen-bond acceptors (Lipinski definition) is 5. The third-order valence-corrected chi connectivity index (χ3v) is 6.63. The summed E-state index contributed by atoms with van der Waals surface area (Å²) in [7, 11) is 0. The Labute approximate surface area is 225 Å². The minimum absolute atomic E-state index is 0.00888. The zero-order chi connectivity index (χ0) is 26.6. The maximum absolute atomic E-state index is 13.3. The molecule has 1 aliphatic heterocycles. The van der Waals surface area contributed by atoms with Gasteiger partial charge in [0.15, 0.2) is 0 Å². The lowest BCUT2D eigenvalue weighted by Gasteiger charge is -2.25. The third-order valence-electron chi connectivity index (χ3n) is 6.40. The van der Waals surface area contributed by atoms with Crippen LogP contribution in [-0.2, 0) is 22.7 Å². The van der Waals surface area contributed by atoms with E-state index >= 15 is 0 Å². The summed E-state index contributed by atoms with van der Waals surface area (Å²) in [4.78, 5) is 32.0.